The second-order valence-electron chi connectivity index (χ2n) is 3.50. The summed E-state index contributed by atoms with van der Waals surface area (Å²) in [4.78, 5) is 15.1. The number of carbonyl (C=O) groups is 1. The van der Waals surface area contributed by atoms with E-state index in [4.69, 9.17) is 5.11 Å². The summed E-state index contributed by atoms with van der Waals surface area (Å²) >= 11 is 3.51. The highest BCUT2D eigenvalue weighted by molar-refractivity contribution is 8.00. The molecule has 1 heterocycles. The van der Waals surface area contributed by atoms with E-state index >= 15 is 0 Å². The number of nitrogens with zero attached hydrogens (tertiary/aromatic N) is 1. The minimum absolute atomic E-state index is 0.0895. The average molecular weight is 255 g/mol. The van der Waals surface area contributed by atoms with Gasteiger partial charge in [0.05, 0.1) is 5.69 Å². The molecule has 0 unspecified atom stereocenters. The molecule has 0 bridgehead atoms. The van der Waals surface area contributed by atoms with E-state index in [9.17, 15) is 4.79 Å². The van der Waals surface area contributed by atoms with Crippen LogP contribution in [0.3, 0.4) is 0 Å². The Balaban J connectivity index is 2.28. The van der Waals surface area contributed by atoms with Crippen LogP contribution in [0.1, 0.15) is 0 Å². The van der Waals surface area contributed by atoms with Crippen LogP contribution in [-0.2, 0) is 4.79 Å². The van der Waals surface area contributed by atoms with E-state index < -0.39 is 5.97 Å². The zero-order valence-electron chi connectivity index (χ0n) is 8.97. The van der Waals surface area contributed by atoms with Crippen LogP contribution < -0.4 is 4.90 Å². The predicted molar refractivity (Wildman–Crippen MR) is 68.8 cm³/mol. The fraction of sp³-hybridized carbons (Fsp3) is 0.364. The Labute approximate surface area is 103 Å². The number of carboxylic acids is 1. The van der Waals surface area contributed by atoms with Gasteiger partial charge >= 0.3 is 5.97 Å². The Morgan fingerprint density at radius 2 is 2.44 bits per heavy atom. The summed E-state index contributed by atoms with van der Waals surface area (Å²) in [6.45, 7) is 0.898. The minimum Gasteiger partial charge on any atom is -0.480 e. The molecule has 0 amide bonds. The van der Waals surface area contributed by atoms with Gasteiger partial charge in [-0.15, -0.1) is 23.5 Å². The van der Waals surface area contributed by atoms with E-state index in [0.717, 1.165) is 18.0 Å². The summed E-state index contributed by atoms with van der Waals surface area (Å²) < 4.78 is 0. The van der Waals surface area contributed by atoms with E-state index in [1.807, 2.05) is 23.3 Å². The van der Waals surface area contributed by atoms with Crippen molar-refractivity contribution >= 4 is 35.2 Å². The number of hydrogen-bond acceptors (Lipinski definition) is 4. The van der Waals surface area contributed by atoms with Gasteiger partial charge in [0.1, 0.15) is 6.54 Å². The molecule has 0 aromatic heterocycles. The minimum atomic E-state index is -0.771. The van der Waals surface area contributed by atoms with Crippen molar-refractivity contribution in [3.63, 3.8) is 0 Å². The number of carboxylic acid groups (broad SMARTS) is 1. The van der Waals surface area contributed by atoms with Crippen LogP contribution in [0.25, 0.3) is 0 Å². The maximum Gasteiger partial charge on any atom is 0.323 e. The van der Waals surface area contributed by atoms with Gasteiger partial charge in [0.15, 0.2) is 0 Å². The van der Waals surface area contributed by atoms with Crippen LogP contribution in [-0.4, -0.2) is 36.2 Å². The molecule has 16 heavy (non-hydrogen) atoms. The standard InChI is InChI=1S/C11H13NO2S2/c1-15-8-2-3-9-10(6-8)16-5-4-12(9)7-11(13)14/h2-3,6H,4-5,7H2,1H3,(H,13,14). The number of fused-ring (bicyclic) bond motifs is 1. The molecule has 1 aromatic carbocycles. The highest BCUT2D eigenvalue weighted by atomic mass is 32.2. The molecule has 0 spiro atoms. The average Bonchev–Trinajstić information content (AvgIpc) is 2.28. The summed E-state index contributed by atoms with van der Waals surface area (Å²) in [5.74, 6) is 0.185. The highest BCUT2D eigenvalue weighted by Crippen LogP contribution is 2.36. The van der Waals surface area contributed by atoms with Gasteiger partial charge in [-0.1, -0.05) is 0 Å². The fourth-order valence-corrected chi connectivity index (χ4v) is 3.31. The van der Waals surface area contributed by atoms with Gasteiger partial charge in [0, 0.05) is 22.1 Å². The van der Waals surface area contributed by atoms with E-state index in [1.165, 1.54) is 9.79 Å². The van der Waals surface area contributed by atoms with E-state index in [0.29, 0.717) is 0 Å². The van der Waals surface area contributed by atoms with Gasteiger partial charge in [0.2, 0.25) is 0 Å². The summed E-state index contributed by atoms with van der Waals surface area (Å²) in [6.07, 6.45) is 2.05. The molecule has 0 aliphatic carbocycles. The molecule has 1 aromatic rings. The third kappa shape index (κ3) is 2.47. The Bertz CT molecular complexity index is 409. The van der Waals surface area contributed by atoms with Crippen LogP contribution in [0.15, 0.2) is 28.0 Å². The van der Waals surface area contributed by atoms with Gasteiger partial charge in [0.25, 0.3) is 0 Å². The molecule has 0 radical (unpaired) electrons. The molecule has 3 nitrogen and oxygen atoms in total. The van der Waals surface area contributed by atoms with E-state index in [-0.39, 0.29) is 6.54 Å². The van der Waals surface area contributed by atoms with Crippen molar-refractivity contribution < 1.29 is 9.90 Å². The van der Waals surface area contributed by atoms with E-state index in [2.05, 4.69) is 6.07 Å². The monoisotopic (exact) mass is 255 g/mol. The normalized spacial score (nSPS) is 14.7. The molecule has 0 atom stereocenters. The lowest BCUT2D eigenvalue weighted by Gasteiger charge is -2.29. The summed E-state index contributed by atoms with van der Waals surface area (Å²) in [5, 5.41) is 8.84. The Morgan fingerprint density at radius 3 is 3.12 bits per heavy atom. The molecule has 86 valence electrons. The van der Waals surface area contributed by atoms with Crippen molar-refractivity contribution in [3.8, 4) is 0 Å². The quantitative estimate of drug-likeness (QED) is 0.840. The number of aliphatic carboxylic acids is 1. The lowest BCUT2D eigenvalue weighted by atomic mass is 10.2. The Morgan fingerprint density at radius 1 is 1.62 bits per heavy atom. The van der Waals surface area contributed by atoms with Gasteiger partial charge in [-0.2, -0.15) is 0 Å². The molecular weight excluding hydrogens is 242 g/mol. The number of rotatable bonds is 3. The number of hydrogen-bond donors (Lipinski definition) is 1. The Hall–Kier alpha value is -0.810. The van der Waals surface area contributed by atoms with Crippen LogP contribution in [0.5, 0.6) is 0 Å². The zero-order valence-corrected chi connectivity index (χ0v) is 10.6. The van der Waals surface area contributed by atoms with Crippen molar-refractivity contribution in [2.45, 2.75) is 9.79 Å². The molecule has 0 fully saturated rings. The molecule has 1 aliphatic rings. The van der Waals surface area contributed by atoms with Crippen LogP contribution in [0.2, 0.25) is 0 Å². The Kier molecular flexibility index (Phi) is 3.66. The fourth-order valence-electron chi connectivity index (χ4n) is 1.71. The van der Waals surface area contributed by atoms with Gasteiger partial charge in [-0.3, -0.25) is 4.79 Å². The van der Waals surface area contributed by atoms with Crippen molar-refractivity contribution in [3.05, 3.63) is 18.2 Å². The molecule has 0 saturated carbocycles. The maximum absolute atomic E-state index is 10.7. The van der Waals surface area contributed by atoms with Crippen molar-refractivity contribution in [1.29, 1.82) is 0 Å². The van der Waals surface area contributed by atoms with Crippen molar-refractivity contribution in [1.82, 2.24) is 0 Å². The second-order valence-corrected chi connectivity index (χ2v) is 5.51. The van der Waals surface area contributed by atoms with Crippen molar-refractivity contribution in [2.75, 3.05) is 30.0 Å². The molecule has 2 rings (SSSR count). The first-order valence-corrected chi connectivity index (χ1v) is 7.19. The molecule has 5 heteroatoms. The third-order valence-electron chi connectivity index (χ3n) is 2.45. The molecule has 1 aliphatic heterocycles. The lowest BCUT2D eigenvalue weighted by molar-refractivity contribution is -0.135. The first-order valence-electron chi connectivity index (χ1n) is 4.98. The summed E-state index contributed by atoms with van der Waals surface area (Å²) in [6, 6.07) is 6.21. The highest BCUT2D eigenvalue weighted by Gasteiger charge is 2.19. The van der Waals surface area contributed by atoms with Gasteiger partial charge in [-0.05, 0) is 24.5 Å². The molecule has 1 N–H and O–H groups in total. The summed E-state index contributed by atoms with van der Waals surface area (Å²) in [5.41, 5.74) is 1.05. The molecule has 0 saturated heterocycles. The largest absolute Gasteiger partial charge is 0.480 e. The molecular formula is C11H13NO2S2. The first-order chi connectivity index (χ1) is 7.70. The van der Waals surface area contributed by atoms with Crippen molar-refractivity contribution in [2.24, 2.45) is 0 Å². The first kappa shape index (κ1) is 11.7. The van der Waals surface area contributed by atoms with Crippen LogP contribution in [0.4, 0.5) is 5.69 Å². The third-order valence-corrected chi connectivity index (χ3v) is 4.20. The number of thioether (sulfide) groups is 2. The zero-order chi connectivity index (χ0) is 11.5. The smallest absolute Gasteiger partial charge is 0.323 e. The SMILES string of the molecule is CSc1ccc2c(c1)SCCN2CC(=O)O. The maximum atomic E-state index is 10.7. The summed E-state index contributed by atoms with van der Waals surface area (Å²) in [7, 11) is 0. The van der Waals surface area contributed by atoms with E-state index in [1.54, 1.807) is 23.5 Å². The predicted octanol–water partition coefficient (Wildman–Crippen LogP) is 2.41. The van der Waals surface area contributed by atoms with Gasteiger partial charge in [-0.25, -0.2) is 0 Å². The van der Waals surface area contributed by atoms with Crippen LogP contribution >= 0.6 is 23.5 Å². The number of benzene rings is 1. The second kappa shape index (κ2) is 5.01. The lowest BCUT2D eigenvalue weighted by Crippen LogP contribution is -2.34. The topological polar surface area (TPSA) is 40.5 Å². The van der Waals surface area contributed by atoms with Gasteiger partial charge < -0.3 is 10.0 Å². The number of anilines is 1. The van der Waals surface area contributed by atoms with Crippen LogP contribution in [0, 0.1) is 0 Å².